The van der Waals surface area contributed by atoms with Crippen LogP contribution in [-0.4, -0.2) is 38.2 Å². The number of nitrogens with one attached hydrogen (secondary N) is 1. The Balaban J connectivity index is 0.00000161. The fraction of sp³-hybridized carbons (Fsp3) is 0.625. The van der Waals surface area contributed by atoms with Gasteiger partial charge in [0.25, 0.3) is 0 Å². The molecular formula is C16H24ClFN2O. The summed E-state index contributed by atoms with van der Waals surface area (Å²) in [6.07, 6.45) is 3.83. The van der Waals surface area contributed by atoms with Crippen molar-refractivity contribution in [1.82, 2.24) is 10.2 Å². The number of ether oxygens (including phenoxy) is 1. The Bertz CT molecular complexity index is 462. The van der Waals surface area contributed by atoms with E-state index in [1.807, 2.05) is 6.07 Å². The van der Waals surface area contributed by atoms with Gasteiger partial charge in [-0.1, -0.05) is 18.9 Å². The van der Waals surface area contributed by atoms with Crippen molar-refractivity contribution < 1.29 is 9.13 Å². The minimum atomic E-state index is -0.249. The van der Waals surface area contributed by atoms with E-state index in [0.29, 0.717) is 11.8 Å². The van der Waals surface area contributed by atoms with E-state index in [9.17, 15) is 4.39 Å². The first kappa shape index (κ1) is 16.5. The molecule has 1 saturated carbocycles. The molecule has 1 heterocycles. The summed E-state index contributed by atoms with van der Waals surface area (Å²) in [5.41, 5.74) is 1.09. The van der Waals surface area contributed by atoms with Crippen LogP contribution in [0.5, 0.6) is 5.75 Å². The van der Waals surface area contributed by atoms with Gasteiger partial charge in [-0.2, -0.15) is 0 Å². The second-order valence-corrected chi connectivity index (χ2v) is 5.87. The molecule has 2 aliphatic rings. The molecular weight excluding hydrogens is 291 g/mol. The molecule has 0 bridgehead atoms. The number of nitrogens with zero attached hydrogens (tertiary/aromatic N) is 1. The predicted molar refractivity (Wildman–Crippen MR) is 84.7 cm³/mol. The van der Waals surface area contributed by atoms with Gasteiger partial charge in [-0.05, 0) is 30.0 Å². The van der Waals surface area contributed by atoms with E-state index in [-0.39, 0.29) is 18.2 Å². The van der Waals surface area contributed by atoms with Crippen LogP contribution < -0.4 is 10.1 Å². The molecule has 3 rings (SSSR count). The number of piperazine rings is 1. The quantitative estimate of drug-likeness (QED) is 0.904. The van der Waals surface area contributed by atoms with Crippen LogP contribution >= 0.6 is 12.4 Å². The average Bonchev–Trinajstić information content (AvgIpc) is 3.30. The predicted octanol–water partition coefficient (Wildman–Crippen LogP) is 3.00. The molecule has 0 aromatic heterocycles. The third-order valence-corrected chi connectivity index (χ3v) is 4.41. The summed E-state index contributed by atoms with van der Waals surface area (Å²) in [5.74, 6) is 0.917. The molecule has 1 aromatic rings. The lowest BCUT2D eigenvalue weighted by Gasteiger charge is -2.35. The first-order valence-corrected chi connectivity index (χ1v) is 7.56. The van der Waals surface area contributed by atoms with Crippen LogP contribution in [0.25, 0.3) is 0 Å². The van der Waals surface area contributed by atoms with Crippen LogP contribution in [0.15, 0.2) is 18.2 Å². The number of hydrogen-bond acceptors (Lipinski definition) is 3. The van der Waals surface area contributed by atoms with E-state index >= 15 is 0 Å². The summed E-state index contributed by atoms with van der Waals surface area (Å²) in [4.78, 5) is 2.50. The third kappa shape index (κ3) is 4.09. The minimum Gasteiger partial charge on any atom is -0.494 e. The van der Waals surface area contributed by atoms with E-state index in [2.05, 4.69) is 10.2 Å². The van der Waals surface area contributed by atoms with Gasteiger partial charge in [-0.3, -0.25) is 4.90 Å². The highest BCUT2D eigenvalue weighted by Crippen LogP contribution is 2.40. The molecule has 0 unspecified atom stereocenters. The highest BCUT2D eigenvalue weighted by molar-refractivity contribution is 5.85. The van der Waals surface area contributed by atoms with Gasteiger partial charge in [0, 0.05) is 32.2 Å². The summed E-state index contributed by atoms with van der Waals surface area (Å²) in [5, 5.41) is 3.38. The molecule has 21 heavy (non-hydrogen) atoms. The highest BCUT2D eigenvalue weighted by atomic mass is 35.5. The number of halogens is 2. The van der Waals surface area contributed by atoms with Crippen molar-refractivity contribution in [3.8, 4) is 5.75 Å². The lowest BCUT2D eigenvalue weighted by atomic mass is 9.98. The van der Waals surface area contributed by atoms with Crippen molar-refractivity contribution in [2.24, 2.45) is 5.92 Å². The number of methoxy groups -OCH3 is 1. The van der Waals surface area contributed by atoms with Gasteiger partial charge < -0.3 is 10.1 Å². The van der Waals surface area contributed by atoms with Gasteiger partial charge >= 0.3 is 0 Å². The van der Waals surface area contributed by atoms with Crippen LogP contribution in [0.4, 0.5) is 4.39 Å². The molecule has 0 spiro atoms. The molecule has 0 amide bonds. The highest BCUT2D eigenvalue weighted by Gasteiger charge is 2.30. The van der Waals surface area contributed by atoms with Gasteiger partial charge in [0.1, 0.15) is 0 Å². The van der Waals surface area contributed by atoms with Crippen LogP contribution in [-0.2, 0) is 0 Å². The van der Waals surface area contributed by atoms with Gasteiger partial charge in [-0.15, -0.1) is 12.4 Å². The summed E-state index contributed by atoms with van der Waals surface area (Å²) >= 11 is 0. The van der Waals surface area contributed by atoms with Crippen molar-refractivity contribution in [3.63, 3.8) is 0 Å². The maximum absolute atomic E-state index is 14.0. The maximum atomic E-state index is 14.0. The monoisotopic (exact) mass is 314 g/mol. The molecule has 1 aliphatic carbocycles. The minimum absolute atomic E-state index is 0. The van der Waals surface area contributed by atoms with Gasteiger partial charge in [-0.25, -0.2) is 4.39 Å². The van der Waals surface area contributed by atoms with Gasteiger partial charge in [0.05, 0.1) is 7.11 Å². The fourth-order valence-corrected chi connectivity index (χ4v) is 3.05. The van der Waals surface area contributed by atoms with Gasteiger partial charge in [0.2, 0.25) is 0 Å². The molecule has 5 heteroatoms. The Morgan fingerprint density at radius 3 is 2.62 bits per heavy atom. The van der Waals surface area contributed by atoms with E-state index in [4.69, 9.17) is 4.74 Å². The Morgan fingerprint density at radius 1 is 1.33 bits per heavy atom. The summed E-state index contributed by atoms with van der Waals surface area (Å²) in [7, 11) is 1.51. The average molecular weight is 315 g/mol. The molecule has 1 aromatic carbocycles. The van der Waals surface area contributed by atoms with Crippen molar-refractivity contribution in [2.45, 2.75) is 25.3 Å². The Morgan fingerprint density at radius 2 is 2.05 bits per heavy atom. The normalized spacial score (nSPS) is 20.7. The smallest absolute Gasteiger partial charge is 0.165 e. The molecule has 1 saturated heterocycles. The van der Waals surface area contributed by atoms with Gasteiger partial charge in [0.15, 0.2) is 11.6 Å². The molecule has 1 N–H and O–H groups in total. The zero-order valence-corrected chi connectivity index (χ0v) is 13.3. The second-order valence-electron chi connectivity index (χ2n) is 5.87. The second kappa shape index (κ2) is 7.43. The lowest BCUT2D eigenvalue weighted by molar-refractivity contribution is 0.160. The molecule has 1 atom stereocenters. The molecule has 3 nitrogen and oxygen atoms in total. The van der Waals surface area contributed by atoms with Crippen molar-refractivity contribution in [3.05, 3.63) is 29.6 Å². The van der Waals surface area contributed by atoms with Crippen LogP contribution in [0.1, 0.15) is 30.9 Å². The van der Waals surface area contributed by atoms with E-state index in [0.717, 1.165) is 44.1 Å². The molecule has 0 radical (unpaired) electrons. The number of benzene rings is 1. The summed E-state index contributed by atoms with van der Waals surface area (Å²) in [6.45, 7) is 4.15. The van der Waals surface area contributed by atoms with E-state index < -0.39 is 0 Å². The maximum Gasteiger partial charge on any atom is 0.165 e. The molecule has 2 fully saturated rings. The van der Waals surface area contributed by atoms with E-state index in [1.54, 1.807) is 12.1 Å². The van der Waals surface area contributed by atoms with Crippen LogP contribution in [0.3, 0.4) is 0 Å². The number of rotatable bonds is 5. The Hall–Kier alpha value is -0.840. The Kier molecular flexibility index (Phi) is 5.85. The standard InChI is InChI=1S/C16H23FN2O.ClH/c1-20-16-5-4-13(11-14(16)17)15(10-12-2-3-12)19-8-6-18-7-9-19;/h4-5,11-12,15,18H,2-3,6-10H2,1H3;1H/t15-;/m1./s1. The zero-order valence-electron chi connectivity index (χ0n) is 12.5. The lowest BCUT2D eigenvalue weighted by Crippen LogP contribution is -2.45. The van der Waals surface area contributed by atoms with Crippen molar-refractivity contribution in [2.75, 3.05) is 33.3 Å². The fourth-order valence-electron chi connectivity index (χ4n) is 3.05. The summed E-state index contributed by atoms with van der Waals surface area (Å²) in [6, 6.07) is 5.79. The first-order valence-electron chi connectivity index (χ1n) is 7.56. The number of hydrogen-bond donors (Lipinski definition) is 1. The largest absolute Gasteiger partial charge is 0.494 e. The van der Waals surface area contributed by atoms with Crippen molar-refractivity contribution in [1.29, 1.82) is 0 Å². The SMILES string of the molecule is COc1ccc([C@@H](CC2CC2)N2CCNCC2)cc1F.Cl. The summed E-state index contributed by atoms with van der Waals surface area (Å²) < 4.78 is 19.0. The first-order chi connectivity index (χ1) is 9.78. The van der Waals surface area contributed by atoms with E-state index in [1.165, 1.54) is 20.0 Å². The van der Waals surface area contributed by atoms with Crippen LogP contribution in [0.2, 0.25) is 0 Å². The van der Waals surface area contributed by atoms with Crippen molar-refractivity contribution >= 4 is 12.4 Å². The Labute approximate surface area is 132 Å². The zero-order chi connectivity index (χ0) is 13.9. The molecule has 1 aliphatic heterocycles. The third-order valence-electron chi connectivity index (χ3n) is 4.41. The molecule has 118 valence electrons. The topological polar surface area (TPSA) is 24.5 Å². The van der Waals surface area contributed by atoms with Crippen LogP contribution in [0, 0.1) is 11.7 Å².